The van der Waals surface area contributed by atoms with E-state index in [2.05, 4.69) is 12.2 Å². The van der Waals surface area contributed by atoms with Crippen molar-refractivity contribution in [3.8, 4) is 0 Å². The number of aryl methyl sites for hydroxylation is 1. The van der Waals surface area contributed by atoms with Crippen LogP contribution < -0.4 is 5.32 Å². The number of carbonyl (C=O) groups is 2. The van der Waals surface area contributed by atoms with Crippen molar-refractivity contribution in [2.24, 2.45) is 0 Å². The molecule has 134 valence electrons. The molecule has 0 amide bonds. The van der Waals surface area contributed by atoms with Gasteiger partial charge in [0.15, 0.2) is 11.6 Å². The Morgan fingerprint density at radius 3 is 2.22 bits per heavy atom. The third kappa shape index (κ3) is 2.95. The number of Topliss-reactive ketones (excluding diaryl/α,β-unsaturated/α-hetero) is 2. The van der Waals surface area contributed by atoms with Crippen molar-refractivity contribution in [3.05, 3.63) is 101 Å². The van der Waals surface area contributed by atoms with Crippen LogP contribution in [0.25, 0.3) is 0 Å². The molecule has 1 heterocycles. The molecule has 4 rings (SSSR count). The minimum Gasteiger partial charge on any atom is -0.368 e. The standard InChI is InChI=1S/C24H21NO2/c1-2-17-12-14-19(15-13-17)24(16-22(26)18-8-4-3-5-9-18)23(27)20-10-6-7-11-21(20)25-24/h3-15,25H,2,16H2,1H3. The Labute approximate surface area is 159 Å². The van der Waals surface area contributed by atoms with Crippen molar-refractivity contribution >= 4 is 17.3 Å². The molecule has 0 bridgehead atoms. The van der Waals surface area contributed by atoms with E-state index >= 15 is 0 Å². The number of hydrogen-bond donors (Lipinski definition) is 1. The van der Waals surface area contributed by atoms with Crippen molar-refractivity contribution in [1.82, 2.24) is 0 Å². The maximum atomic E-state index is 13.4. The van der Waals surface area contributed by atoms with E-state index in [1.807, 2.05) is 66.7 Å². The van der Waals surface area contributed by atoms with Gasteiger partial charge in [-0.25, -0.2) is 0 Å². The fraction of sp³-hybridized carbons (Fsp3) is 0.167. The van der Waals surface area contributed by atoms with Gasteiger partial charge in [0.25, 0.3) is 0 Å². The summed E-state index contributed by atoms with van der Waals surface area (Å²) in [5, 5.41) is 3.38. The molecule has 1 aliphatic heterocycles. The van der Waals surface area contributed by atoms with Gasteiger partial charge in [-0.1, -0.05) is 73.7 Å². The Bertz CT molecular complexity index is 992. The highest BCUT2D eigenvalue weighted by molar-refractivity contribution is 6.16. The van der Waals surface area contributed by atoms with Gasteiger partial charge in [-0.2, -0.15) is 0 Å². The van der Waals surface area contributed by atoms with E-state index < -0.39 is 5.54 Å². The minimum atomic E-state index is -1.07. The summed E-state index contributed by atoms with van der Waals surface area (Å²) in [6.07, 6.45) is 1.01. The lowest BCUT2D eigenvalue weighted by molar-refractivity contribution is 0.0846. The number of nitrogens with one attached hydrogen (secondary N) is 1. The summed E-state index contributed by atoms with van der Waals surface area (Å²) in [5.41, 5.74) is 2.99. The molecule has 1 unspecified atom stereocenters. The first-order valence-electron chi connectivity index (χ1n) is 9.24. The first-order chi connectivity index (χ1) is 13.1. The number of ketones is 2. The van der Waals surface area contributed by atoms with E-state index in [9.17, 15) is 9.59 Å². The average Bonchev–Trinajstić information content (AvgIpc) is 3.01. The Morgan fingerprint density at radius 2 is 1.56 bits per heavy atom. The van der Waals surface area contributed by atoms with Crippen LogP contribution in [0.15, 0.2) is 78.9 Å². The van der Waals surface area contributed by atoms with E-state index in [-0.39, 0.29) is 18.0 Å². The SMILES string of the molecule is CCc1ccc(C2(CC(=O)c3ccccc3)Nc3ccccc3C2=O)cc1. The quantitative estimate of drug-likeness (QED) is 0.653. The van der Waals surface area contributed by atoms with Gasteiger partial charge in [0, 0.05) is 23.2 Å². The second kappa shape index (κ2) is 6.84. The van der Waals surface area contributed by atoms with Crippen molar-refractivity contribution < 1.29 is 9.59 Å². The van der Waals surface area contributed by atoms with Crippen LogP contribution in [0.2, 0.25) is 0 Å². The Morgan fingerprint density at radius 1 is 0.889 bits per heavy atom. The normalized spacial score (nSPS) is 18.0. The molecule has 0 aromatic heterocycles. The maximum Gasteiger partial charge on any atom is 0.195 e. The van der Waals surface area contributed by atoms with Crippen molar-refractivity contribution in [2.45, 2.75) is 25.3 Å². The molecule has 3 aromatic rings. The molecular weight excluding hydrogens is 334 g/mol. The van der Waals surface area contributed by atoms with Crippen LogP contribution in [-0.2, 0) is 12.0 Å². The molecule has 0 aliphatic carbocycles. The first-order valence-corrected chi connectivity index (χ1v) is 9.24. The highest BCUT2D eigenvalue weighted by Gasteiger charge is 2.48. The summed E-state index contributed by atoms with van der Waals surface area (Å²) in [6.45, 7) is 2.10. The van der Waals surface area contributed by atoms with Crippen molar-refractivity contribution in [2.75, 3.05) is 5.32 Å². The molecule has 3 nitrogen and oxygen atoms in total. The zero-order valence-corrected chi connectivity index (χ0v) is 15.2. The molecular formula is C24H21NO2. The molecule has 0 spiro atoms. The molecule has 3 aromatic carbocycles. The molecule has 1 N–H and O–H groups in total. The van der Waals surface area contributed by atoms with Gasteiger partial charge in [0.2, 0.25) is 0 Å². The second-order valence-electron chi connectivity index (χ2n) is 6.92. The number of benzene rings is 3. The van der Waals surface area contributed by atoms with Crippen molar-refractivity contribution in [1.29, 1.82) is 0 Å². The van der Waals surface area contributed by atoms with Crippen LogP contribution in [0.1, 0.15) is 45.2 Å². The monoisotopic (exact) mass is 355 g/mol. The average molecular weight is 355 g/mol. The smallest absolute Gasteiger partial charge is 0.195 e. The molecule has 0 saturated carbocycles. The number of anilines is 1. The highest BCUT2D eigenvalue weighted by Crippen LogP contribution is 2.42. The maximum absolute atomic E-state index is 13.4. The summed E-state index contributed by atoms with van der Waals surface area (Å²) < 4.78 is 0. The molecule has 1 aliphatic rings. The largest absolute Gasteiger partial charge is 0.368 e. The van der Waals surface area contributed by atoms with Gasteiger partial charge >= 0.3 is 0 Å². The highest BCUT2D eigenvalue weighted by atomic mass is 16.1. The van der Waals surface area contributed by atoms with Gasteiger partial charge in [-0.05, 0) is 29.7 Å². The summed E-state index contributed by atoms with van der Waals surface area (Å²) >= 11 is 0. The number of hydrogen-bond acceptors (Lipinski definition) is 3. The molecule has 1 atom stereocenters. The van der Waals surface area contributed by atoms with Crippen LogP contribution in [-0.4, -0.2) is 11.6 Å². The third-order valence-electron chi connectivity index (χ3n) is 5.28. The summed E-state index contributed by atoms with van der Waals surface area (Å²) in [5.74, 6) is -0.101. The van der Waals surface area contributed by atoms with Gasteiger partial charge < -0.3 is 5.32 Å². The zero-order chi connectivity index (χ0) is 18.9. The fourth-order valence-electron chi connectivity index (χ4n) is 3.73. The number of fused-ring (bicyclic) bond motifs is 1. The molecule has 0 radical (unpaired) electrons. The lowest BCUT2D eigenvalue weighted by Gasteiger charge is -2.29. The van der Waals surface area contributed by atoms with E-state index in [4.69, 9.17) is 0 Å². The van der Waals surface area contributed by atoms with Gasteiger partial charge in [-0.3, -0.25) is 9.59 Å². The van der Waals surface area contributed by atoms with E-state index in [0.717, 1.165) is 17.7 Å². The topological polar surface area (TPSA) is 46.2 Å². The van der Waals surface area contributed by atoms with Gasteiger partial charge in [0.1, 0.15) is 5.54 Å². The van der Waals surface area contributed by atoms with E-state index in [0.29, 0.717) is 11.1 Å². The predicted molar refractivity (Wildman–Crippen MR) is 107 cm³/mol. The zero-order valence-electron chi connectivity index (χ0n) is 15.2. The van der Waals surface area contributed by atoms with Crippen LogP contribution in [0, 0.1) is 0 Å². The summed E-state index contributed by atoms with van der Waals surface area (Å²) in [7, 11) is 0. The van der Waals surface area contributed by atoms with Crippen molar-refractivity contribution in [3.63, 3.8) is 0 Å². The van der Waals surface area contributed by atoms with Crippen LogP contribution >= 0.6 is 0 Å². The molecule has 3 heteroatoms. The Hall–Kier alpha value is -3.20. The predicted octanol–water partition coefficient (Wildman–Crippen LogP) is 5.03. The second-order valence-corrected chi connectivity index (χ2v) is 6.92. The van der Waals surface area contributed by atoms with Crippen LogP contribution in [0.5, 0.6) is 0 Å². The van der Waals surface area contributed by atoms with Crippen LogP contribution in [0.3, 0.4) is 0 Å². The first kappa shape index (κ1) is 17.2. The summed E-state index contributed by atoms with van der Waals surface area (Å²) in [6, 6.07) is 24.6. The van der Waals surface area contributed by atoms with Gasteiger partial charge in [0.05, 0.1) is 0 Å². The Balaban J connectivity index is 1.79. The molecule has 0 fully saturated rings. The lowest BCUT2D eigenvalue weighted by atomic mass is 9.80. The number of para-hydroxylation sites is 1. The number of rotatable bonds is 5. The van der Waals surface area contributed by atoms with E-state index in [1.165, 1.54) is 5.56 Å². The fourth-order valence-corrected chi connectivity index (χ4v) is 3.73. The van der Waals surface area contributed by atoms with Crippen LogP contribution in [0.4, 0.5) is 5.69 Å². The number of carbonyl (C=O) groups excluding carboxylic acids is 2. The summed E-state index contributed by atoms with van der Waals surface area (Å²) in [4.78, 5) is 26.4. The lowest BCUT2D eigenvalue weighted by Crippen LogP contribution is -2.40. The van der Waals surface area contributed by atoms with E-state index in [1.54, 1.807) is 12.1 Å². The third-order valence-corrected chi connectivity index (χ3v) is 5.28. The van der Waals surface area contributed by atoms with Gasteiger partial charge in [-0.15, -0.1) is 0 Å². The molecule has 27 heavy (non-hydrogen) atoms. The molecule has 0 saturated heterocycles. The minimum absolute atomic E-state index is 0.0494. The Kier molecular flexibility index (Phi) is 4.36.